The van der Waals surface area contributed by atoms with Crippen LogP contribution in [0.4, 0.5) is 5.82 Å². The van der Waals surface area contributed by atoms with E-state index in [9.17, 15) is 8.42 Å². The minimum Gasteiger partial charge on any atom is -0.263 e. The van der Waals surface area contributed by atoms with E-state index in [-0.39, 0.29) is 16.3 Å². The van der Waals surface area contributed by atoms with Crippen molar-refractivity contribution in [3.63, 3.8) is 0 Å². The van der Waals surface area contributed by atoms with E-state index in [0.29, 0.717) is 10.6 Å². The average molecular weight is 319 g/mol. The zero-order valence-electron chi connectivity index (χ0n) is 10.8. The van der Waals surface area contributed by atoms with Crippen LogP contribution in [0, 0.1) is 22.7 Å². The van der Waals surface area contributed by atoms with Crippen molar-refractivity contribution in [2.75, 3.05) is 11.0 Å². The summed E-state index contributed by atoms with van der Waals surface area (Å²) in [5, 5.41) is 24.5. The average Bonchev–Trinajstić information content (AvgIpc) is 2.88. The first-order valence-electron chi connectivity index (χ1n) is 5.57. The molecule has 0 radical (unpaired) electrons. The maximum atomic E-state index is 12.2. The van der Waals surface area contributed by atoms with Gasteiger partial charge in [0.1, 0.15) is 16.7 Å². The van der Waals surface area contributed by atoms with E-state index >= 15 is 0 Å². The fourth-order valence-corrected chi connectivity index (χ4v) is 3.07. The number of hydrogen-bond acceptors (Lipinski definition) is 6. The zero-order chi connectivity index (χ0) is 15.5. The number of hydrogen-bond donors (Lipinski definition) is 2. The summed E-state index contributed by atoms with van der Waals surface area (Å²) < 4.78 is 26.7. The molecule has 0 saturated carbocycles. The summed E-state index contributed by atoms with van der Waals surface area (Å²) in [5.74, 6) is 0.0196. The zero-order valence-corrected chi connectivity index (χ0v) is 12.4. The van der Waals surface area contributed by atoms with Crippen molar-refractivity contribution in [2.45, 2.75) is 9.92 Å². The minimum atomic E-state index is -3.86. The molecule has 21 heavy (non-hydrogen) atoms. The fraction of sp³-hybridized carbons (Fsp3) is 0.0833. The highest BCUT2D eigenvalue weighted by Gasteiger charge is 2.19. The third-order valence-corrected chi connectivity index (χ3v) is 4.62. The number of H-pyrrole nitrogens is 1. The van der Waals surface area contributed by atoms with Gasteiger partial charge in [-0.15, -0.1) is 11.8 Å². The number of anilines is 1. The summed E-state index contributed by atoms with van der Waals surface area (Å²) in [7, 11) is -3.86. The molecule has 0 fully saturated rings. The number of aromatic amines is 1. The molecule has 2 rings (SSSR count). The Morgan fingerprint density at radius 3 is 2.43 bits per heavy atom. The van der Waals surface area contributed by atoms with Crippen LogP contribution in [-0.2, 0) is 10.0 Å². The van der Waals surface area contributed by atoms with Crippen LogP contribution < -0.4 is 4.72 Å². The molecule has 0 unspecified atom stereocenters. The molecule has 0 aliphatic heterocycles. The van der Waals surface area contributed by atoms with Gasteiger partial charge in [-0.2, -0.15) is 15.6 Å². The SMILES string of the molecule is CSc1n[nH]c(NS(=O)(=O)c2ccc(C#N)cc2)c1C#N. The lowest BCUT2D eigenvalue weighted by Gasteiger charge is -2.06. The van der Waals surface area contributed by atoms with Gasteiger partial charge >= 0.3 is 0 Å². The molecule has 1 aromatic carbocycles. The monoisotopic (exact) mass is 319 g/mol. The topological polar surface area (TPSA) is 122 Å². The molecule has 106 valence electrons. The Morgan fingerprint density at radius 1 is 1.24 bits per heavy atom. The van der Waals surface area contributed by atoms with Crippen molar-refractivity contribution in [1.29, 1.82) is 10.5 Å². The molecule has 0 spiro atoms. The summed E-state index contributed by atoms with van der Waals surface area (Å²) in [6.07, 6.45) is 1.73. The van der Waals surface area contributed by atoms with Crippen molar-refractivity contribution in [1.82, 2.24) is 10.2 Å². The molecule has 0 saturated heterocycles. The molecule has 0 amide bonds. The van der Waals surface area contributed by atoms with Crippen LogP contribution in [0.5, 0.6) is 0 Å². The molecule has 1 aromatic heterocycles. The van der Waals surface area contributed by atoms with E-state index in [2.05, 4.69) is 14.9 Å². The van der Waals surface area contributed by atoms with E-state index < -0.39 is 10.0 Å². The first kappa shape index (κ1) is 14.9. The van der Waals surface area contributed by atoms with Gasteiger partial charge in [0.05, 0.1) is 16.5 Å². The quantitative estimate of drug-likeness (QED) is 0.826. The molecule has 2 N–H and O–H groups in total. The molecule has 0 atom stereocenters. The Morgan fingerprint density at radius 2 is 1.90 bits per heavy atom. The summed E-state index contributed by atoms with van der Waals surface area (Å²) in [6, 6.07) is 9.25. The maximum absolute atomic E-state index is 12.2. The fourth-order valence-electron chi connectivity index (χ4n) is 1.55. The Labute approximate surface area is 125 Å². The molecule has 1 heterocycles. The lowest BCUT2D eigenvalue weighted by Crippen LogP contribution is -2.14. The van der Waals surface area contributed by atoms with Gasteiger partial charge < -0.3 is 0 Å². The third-order valence-electron chi connectivity index (χ3n) is 2.57. The molecule has 2 aromatic rings. The van der Waals surface area contributed by atoms with Crippen LogP contribution in [0.1, 0.15) is 11.1 Å². The van der Waals surface area contributed by atoms with E-state index in [4.69, 9.17) is 10.5 Å². The van der Waals surface area contributed by atoms with Crippen molar-refractivity contribution >= 4 is 27.6 Å². The van der Waals surface area contributed by atoms with Crippen molar-refractivity contribution in [3.8, 4) is 12.1 Å². The molecule has 0 aliphatic carbocycles. The van der Waals surface area contributed by atoms with Gasteiger partial charge in [-0.25, -0.2) is 8.42 Å². The highest BCUT2D eigenvalue weighted by atomic mass is 32.2. The first-order valence-corrected chi connectivity index (χ1v) is 8.28. The molecule has 9 heteroatoms. The molecule has 0 bridgehead atoms. The predicted molar refractivity (Wildman–Crippen MR) is 77.0 cm³/mol. The number of sulfonamides is 1. The minimum absolute atomic E-state index is 0.00862. The number of nitrogens with one attached hydrogen (secondary N) is 2. The van der Waals surface area contributed by atoms with Crippen LogP contribution >= 0.6 is 11.8 Å². The lowest BCUT2D eigenvalue weighted by molar-refractivity contribution is 0.601. The Hall–Kier alpha value is -2.49. The Bertz CT molecular complexity index is 841. The number of nitriles is 2. The normalized spacial score (nSPS) is 10.6. The highest BCUT2D eigenvalue weighted by molar-refractivity contribution is 7.98. The van der Waals surface area contributed by atoms with Crippen LogP contribution in [0.25, 0.3) is 0 Å². The van der Waals surface area contributed by atoms with Crippen molar-refractivity contribution < 1.29 is 8.42 Å². The van der Waals surface area contributed by atoms with E-state index in [1.807, 2.05) is 12.1 Å². The van der Waals surface area contributed by atoms with Crippen LogP contribution in [0.15, 0.2) is 34.2 Å². The van der Waals surface area contributed by atoms with Gasteiger partial charge in [-0.3, -0.25) is 9.82 Å². The predicted octanol–water partition coefficient (Wildman–Crippen LogP) is 1.68. The maximum Gasteiger partial charge on any atom is 0.263 e. The van der Waals surface area contributed by atoms with Gasteiger partial charge in [0, 0.05) is 0 Å². The van der Waals surface area contributed by atoms with E-state index in [0.717, 1.165) is 0 Å². The summed E-state index contributed by atoms with van der Waals surface area (Å²) in [6.45, 7) is 0. The second kappa shape index (κ2) is 5.87. The highest BCUT2D eigenvalue weighted by Crippen LogP contribution is 2.25. The summed E-state index contributed by atoms with van der Waals surface area (Å²) >= 11 is 1.23. The third kappa shape index (κ3) is 2.99. The van der Waals surface area contributed by atoms with Gasteiger partial charge in [0.15, 0.2) is 5.82 Å². The number of benzene rings is 1. The lowest BCUT2D eigenvalue weighted by atomic mass is 10.2. The second-order valence-electron chi connectivity index (χ2n) is 3.84. The second-order valence-corrected chi connectivity index (χ2v) is 6.31. The van der Waals surface area contributed by atoms with Crippen molar-refractivity contribution in [2.24, 2.45) is 0 Å². The van der Waals surface area contributed by atoms with Gasteiger partial charge in [-0.1, -0.05) is 0 Å². The number of thioether (sulfide) groups is 1. The van der Waals surface area contributed by atoms with Gasteiger partial charge in [0.2, 0.25) is 0 Å². The molecule has 7 nitrogen and oxygen atoms in total. The number of aromatic nitrogens is 2. The summed E-state index contributed by atoms with van der Waals surface area (Å²) in [4.78, 5) is -0.00862. The number of rotatable bonds is 4. The molecular formula is C12H9N5O2S2. The smallest absolute Gasteiger partial charge is 0.263 e. The van der Waals surface area contributed by atoms with Crippen LogP contribution in [-0.4, -0.2) is 24.9 Å². The Kier molecular flexibility index (Phi) is 4.17. The standard InChI is InChI=1S/C12H9N5O2S2/c1-20-12-10(7-14)11(15-16-12)17-21(18,19)9-4-2-8(6-13)3-5-9/h2-5H,1H3,(H2,15,16,17). The Balaban J connectivity index is 2.36. The van der Waals surface area contributed by atoms with Gasteiger partial charge in [-0.05, 0) is 30.5 Å². The molecule has 0 aliphatic rings. The summed E-state index contributed by atoms with van der Waals surface area (Å²) in [5.41, 5.74) is 0.498. The van der Waals surface area contributed by atoms with Gasteiger partial charge in [0.25, 0.3) is 10.0 Å². The van der Waals surface area contributed by atoms with E-state index in [1.165, 1.54) is 36.0 Å². The molecular weight excluding hydrogens is 310 g/mol. The number of nitrogens with zero attached hydrogens (tertiary/aromatic N) is 3. The van der Waals surface area contributed by atoms with Crippen molar-refractivity contribution in [3.05, 3.63) is 35.4 Å². The van der Waals surface area contributed by atoms with Crippen LogP contribution in [0.3, 0.4) is 0 Å². The van der Waals surface area contributed by atoms with E-state index in [1.54, 1.807) is 6.26 Å². The first-order chi connectivity index (χ1) is 10.0. The van der Waals surface area contributed by atoms with Crippen LogP contribution in [0.2, 0.25) is 0 Å². The largest absolute Gasteiger partial charge is 0.263 e.